The van der Waals surface area contributed by atoms with Crippen molar-refractivity contribution in [1.82, 2.24) is 0 Å². The molecule has 0 aliphatic rings. The van der Waals surface area contributed by atoms with Gasteiger partial charge in [-0.2, -0.15) is 0 Å². The molecule has 2 unspecified atom stereocenters. The van der Waals surface area contributed by atoms with Gasteiger partial charge in [-0.3, -0.25) is 0 Å². The summed E-state index contributed by atoms with van der Waals surface area (Å²) in [5.74, 6) is 0.688. The van der Waals surface area contributed by atoms with Gasteiger partial charge in [-0.15, -0.1) is 0 Å². The lowest BCUT2D eigenvalue weighted by Gasteiger charge is -2.30. The summed E-state index contributed by atoms with van der Waals surface area (Å²) in [6, 6.07) is 10.4. The molecule has 0 aliphatic carbocycles. The Morgan fingerprint density at radius 2 is 1.61 bits per heavy atom. The van der Waals surface area contributed by atoms with Crippen LogP contribution in [0.1, 0.15) is 31.7 Å². The van der Waals surface area contributed by atoms with E-state index in [1.165, 1.54) is 5.56 Å². The van der Waals surface area contributed by atoms with Gasteiger partial charge in [0.1, 0.15) is 0 Å². The zero-order valence-electron chi connectivity index (χ0n) is 12.4. The van der Waals surface area contributed by atoms with Crippen LogP contribution in [0.5, 0.6) is 0 Å². The minimum atomic E-state index is -0.259. The minimum Gasteiger partial charge on any atom is -0.392 e. The van der Waals surface area contributed by atoms with Crippen LogP contribution in [0.4, 0.5) is 0 Å². The molecule has 2 nitrogen and oxygen atoms in total. The van der Waals surface area contributed by atoms with Crippen LogP contribution >= 0.6 is 0 Å². The van der Waals surface area contributed by atoms with Crippen molar-refractivity contribution in [2.24, 2.45) is 5.92 Å². The van der Waals surface area contributed by atoms with Gasteiger partial charge in [0.25, 0.3) is 0 Å². The minimum absolute atomic E-state index is 0.234. The highest BCUT2D eigenvalue weighted by Crippen LogP contribution is 2.29. The highest BCUT2D eigenvalue weighted by molar-refractivity contribution is 5.21. The molecule has 2 atom stereocenters. The van der Waals surface area contributed by atoms with E-state index >= 15 is 0 Å². The molecule has 0 saturated heterocycles. The summed E-state index contributed by atoms with van der Waals surface area (Å²) in [6.45, 7) is 5.37. The lowest BCUT2D eigenvalue weighted by molar-refractivity contribution is -0.870. The molecule has 0 amide bonds. The average Bonchev–Trinajstić information content (AvgIpc) is 2.26. The van der Waals surface area contributed by atoms with Crippen molar-refractivity contribution < 1.29 is 9.59 Å². The zero-order valence-corrected chi connectivity index (χ0v) is 12.4. The molecule has 0 saturated carbocycles. The first kappa shape index (κ1) is 15.2. The van der Waals surface area contributed by atoms with Gasteiger partial charge in [-0.1, -0.05) is 44.2 Å². The standard InChI is InChI=1S/C16H28NO/c1-13(2)16(14-9-7-6-8-10-14)15(18)11-12-17(3,4)5/h6-10,13,15-16,18H,11-12H2,1-5H3/q+1. The van der Waals surface area contributed by atoms with Crippen LogP contribution in [0.15, 0.2) is 30.3 Å². The van der Waals surface area contributed by atoms with Crippen LogP contribution in [0.2, 0.25) is 0 Å². The van der Waals surface area contributed by atoms with Gasteiger partial charge in [0.2, 0.25) is 0 Å². The molecule has 0 aliphatic heterocycles. The Labute approximate surface area is 112 Å². The quantitative estimate of drug-likeness (QED) is 0.770. The van der Waals surface area contributed by atoms with E-state index in [1.54, 1.807) is 0 Å². The number of aliphatic hydroxyl groups excluding tert-OH is 1. The first-order valence-corrected chi connectivity index (χ1v) is 6.85. The summed E-state index contributed by atoms with van der Waals surface area (Å²) in [6.07, 6.45) is 0.589. The predicted molar refractivity (Wildman–Crippen MR) is 77.5 cm³/mol. The van der Waals surface area contributed by atoms with E-state index in [0.29, 0.717) is 5.92 Å². The molecule has 0 fully saturated rings. The van der Waals surface area contributed by atoms with Crippen LogP contribution in [0.25, 0.3) is 0 Å². The smallest absolute Gasteiger partial charge is 0.0805 e. The Bertz CT molecular complexity index is 340. The second kappa shape index (κ2) is 6.35. The molecule has 1 aromatic carbocycles. The average molecular weight is 250 g/mol. The number of benzene rings is 1. The van der Waals surface area contributed by atoms with Crippen molar-refractivity contribution in [3.8, 4) is 0 Å². The molecule has 0 aromatic heterocycles. The SMILES string of the molecule is CC(C)C(c1ccccc1)C(O)CC[N+](C)(C)C. The molecule has 1 rings (SSSR count). The molecule has 0 radical (unpaired) electrons. The number of rotatable bonds is 6. The Hall–Kier alpha value is -0.860. The fourth-order valence-electron chi connectivity index (χ4n) is 2.43. The Morgan fingerprint density at radius 1 is 1.06 bits per heavy atom. The van der Waals surface area contributed by atoms with E-state index in [4.69, 9.17) is 0 Å². The first-order valence-electron chi connectivity index (χ1n) is 6.85. The summed E-state index contributed by atoms with van der Waals surface area (Å²) in [5, 5.41) is 10.5. The number of quaternary nitrogens is 1. The second-order valence-corrected chi connectivity index (χ2v) is 6.55. The number of hydrogen-bond acceptors (Lipinski definition) is 1. The van der Waals surface area contributed by atoms with Crippen LogP contribution < -0.4 is 0 Å². The van der Waals surface area contributed by atoms with Gasteiger partial charge < -0.3 is 9.59 Å². The van der Waals surface area contributed by atoms with Crippen molar-refractivity contribution in [3.05, 3.63) is 35.9 Å². The van der Waals surface area contributed by atoms with Crippen LogP contribution in [0.3, 0.4) is 0 Å². The topological polar surface area (TPSA) is 20.2 Å². The van der Waals surface area contributed by atoms with Crippen molar-refractivity contribution in [2.75, 3.05) is 27.7 Å². The number of hydrogen-bond donors (Lipinski definition) is 1. The molecule has 0 spiro atoms. The lowest BCUT2D eigenvalue weighted by atomic mass is 9.82. The lowest BCUT2D eigenvalue weighted by Crippen LogP contribution is -2.38. The van der Waals surface area contributed by atoms with Crippen LogP contribution in [-0.4, -0.2) is 43.4 Å². The molecular formula is C16H28NO+. The zero-order chi connectivity index (χ0) is 13.8. The largest absolute Gasteiger partial charge is 0.392 e. The second-order valence-electron chi connectivity index (χ2n) is 6.55. The summed E-state index contributed by atoms with van der Waals surface area (Å²) >= 11 is 0. The van der Waals surface area contributed by atoms with Gasteiger partial charge in [-0.25, -0.2) is 0 Å². The van der Waals surface area contributed by atoms with Gasteiger partial charge in [-0.05, 0) is 11.5 Å². The maximum absolute atomic E-state index is 10.5. The van der Waals surface area contributed by atoms with Crippen molar-refractivity contribution >= 4 is 0 Å². The van der Waals surface area contributed by atoms with Crippen molar-refractivity contribution in [2.45, 2.75) is 32.3 Å². The van der Waals surface area contributed by atoms with Gasteiger partial charge in [0.15, 0.2) is 0 Å². The molecule has 0 heterocycles. The summed E-state index contributed by atoms with van der Waals surface area (Å²) in [7, 11) is 6.50. The Morgan fingerprint density at radius 3 is 2.06 bits per heavy atom. The molecule has 18 heavy (non-hydrogen) atoms. The monoisotopic (exact) mass is 250 g/mol. The molecule has 0 bridgehead atoms. The molecule has 2 heteroatoms. The molecule has 1 aromatic rings. The van der Waals surface area contributed by atoms with Gasteiger partial charge in [0, 0.05) is 12.3 Å². The summed E-state index contributed by atoms with van der Waals surface area (Å²) in [5.41, 5.74) is 1.25. The third kappa shape index (κ3) is 4.79. The van der Waals surface area contributed by atoms with Crippen LogP contribution in [0, 0.1) is 5.92 Å². The third-order valence-corrected chi connectivity index (χ3v) is 3.41. The predicted octanol–water partition coefficient (Wildman–Crippen LogP) is 2.88. The van der Waals surface area contributed by atoms with E-state index in [-0.39, 0.29) is 12.0 Å². The highest BCUT2D eigenvalue weighted by Gasteiger charge is 2.25. The normalized spacial score (nSPS) is 15.7. The number of aliphatic hydroxyl groups is 1. The van der Waals surface area contributed by atoms with Gasteiger partial charge >= 0.3 is 0 Å². The maximum Gasteiger partial charge on any atom is 0.0805 e. The summed E-state index contributed by atoms with van der Waals surface area (Å²) in [4.78, 5) is 0. The van der Waals surface area contributed by atoms with Crippen LogP contribution in [-0.2, 0) is 0 Å². The fraction of sp³-hybridized carbons (Fsp3) is 0.625. The van der Waals surface area contributed by atoms with E-state index in [9.17, 15) is 5.11 Å². The van der Waals surface area contributed by atoms with E-state index in [0.717, 1.165) is 17.4 Å². The van der Waals surface area contributed by atoms with E-state index < -0.39 is 0 Å². The Balaban J connectivity index is 2.74. The number of nitrogens with zero attached hydrogens (tertiary/aromatic N) is 1. The highest BCUT2D eigenvalue weighted by atomic mass is 16.3. The van der Waals surface area contributed by atoms with Crippen molar-refractivity contribution in [3.63, 3.8) is 0 Å². The maximum atomic E-state index is 10.5. The third-order valence-electron chi connectivity index (χ3n) is 3.41. The van der Waals surface area contributed by atoms with E-state index in [2.05, 4.69) is 59.3 Å². The molecular weight excluding hydrogens is 222 g/mol. The summed E-state index contributed by atoms with van der Waals surface area (Å²) < 4.78 is 0.899. The molecule has 102 valence electrons. The van der Waals surface area contributed by atoms with E-state index in [1.807, 2.05) is 6.07 Å². The Kier molecular flexibility index (Phi) is 5.36. The first-order chi connectivity index (χ1) is 8.31. The van der Waals surface area contributed by atoms with Gasteiger partial charge in [0.05, 0.1) is 33.8 Å². The fourth-order valence-corrected chi connectivity index (χ4v) is 2.43. The molecule has 1 N–H and O–H groups in total. The van der Waals surface area contributed by atoms with Crippen molar-refractivity contribution in [1.29, 1.82) is 0 Å².